The van der Waals surface area contributed by atoms with Gasteiger partial charge in [-0.3, -0.25) is 4.79 Å². The average Bonchev–Trinajstić information content (AvgIpc) is 2.08. The highest BCUT2D eigenvalue weighted by Crippen LogP contribution is 2.20. The van der Waals surface area contributed by atoms with Crippen LogP contribution in [0.5, 0.6) is 0 Å². The highest BCUT2D eigenvalue weighted by molar-refractivity contribution is 6.31. The smallest absolute Gasteiger partial charge is 0.166 e. The fourth-order valence-corrected chi connectivity index (χ4v) is 1.37. The molecule has 0 saturated carbocycles. The molecule has 76 valence electrons. The minimum absolute atomic E-state index is 0.000365. The Morgan fingerprint density at radius 2 is 2.14 bits per heavy atom. The summed E-state index contributed by atoms with van der Waals surface area (Å²) in [6.07, 6.45) is 0.345. The molecule has 0 radical (unpaired) electrons. The summed E-state index contributed by atoms with van der Waals surface area (Å²) in [6, 6.07) is 4.48. The monoisotopic (exact) mass is 214 g/mol. The molecule has 0 bridgehead atoms. The van der Waals surface area contributed by atoms with Gasteiger partial charge in [-0.05, 0) is 18.1 Å². The lowest BCUT2D eigenvalue weighted by Crippen LogP contribution is -2.06. The Bertz CT molecular complexity index is 347. The van der Waals surface area contributed by atoms with E-state index in [4.69, 9.17) is 11.6 Å². The fourth-order valence-electron chi connectivity index (χ4n) is 1.20. The van der Waals surface area contributed by atoms with E-state index in [2.05, 4.69) is 0 Å². The predicted molar refractivity (Wildman–Crippen MR) is 55.2 cm³/mol. The zero-order valence-electron chi connectivity index (χ0n) is 8.18. The van der Waals surface area contributed by atoms with E-state index >= 15 is 0 Å². The van der Waals surface area contributed by atoms with Crippen LogP contribution in [0, 0.1) is 11.7 Å². The van der Waals surface area contributed by atoms with Crippen LogP contribution >= 0.6 is 11.6 Å². The highest BCUT2D eigenvalue weighted by atomic mass is 35.5. The van der Waals surface area contributed by atoms with Crippen LogP contribution < -0.4 is 0 Å². The first kappa shape index (κ1) is 11.2. The van der Waals surface area contributed by atoms with Crippen molar-refractivity contribution >= 4 is 17.4 Å². The summed E-state index contributed by atoms with van der Waals surface area (Å²) in [4.78, 5) is 11.5. The first-order valence-electron chi connectivity index (χ1n) is 4.49. The second-order valence-electron chi connectivity index (χ2n) is 3.62. The number of ketones is 1. The first-order valence-corrected chi connectivity index (χ1v) is 4.87. The molecule has 0 fully saturated rings. The van der Waals surface area contributed by atoms with Gasteiger partial charge in [0.1, 0.15) is 0 Å². The number of carbonyl (C=O) groups is 1. The molecule has 1 rings (SSSR count). The Labute approximate surface area is 87.9 Å². The molecule has 3 heteroatoms. The molecule has 1 aromatic rings. The van der Waals surface area contributed by atoms with Gasteiger partial charge in [0.05, 0.1) is 10.6 Å². The number of carbonyl (C=O) groups excluding carboxylic acids is 1. The SMILES string of the molecule is CC(C)CC(=O)c1cccc(Cl)c1F. The van der Waals surface area contributed by atoms with Crippen LogP contribution in [-0.2, 0) is 0 Å². The molecule has 1 nitrogen and oxygen atoms in total. The third kappa shape index (κ3) is 2.55. The van der Waals surface area contributed by atoms with Crippen molar-refractivity contribution in [2.24, 2.45) is 5.92 Å². The van der Waals surface area contributed by atoms with Gasteiger partial charge in [-0.25, -0.2) is 4.39 Å². The Morgan fingerprint density at radius 3 is 2.71 bits per heavy atom. The molecule has 14 heavy (non-hydrogen) atoms. The van der Waals surface area contributed by atoms with Gasteiger partial charge in [0.15, 0.2) is 11.6 Å². The molecule has 0 spiro atoms. The van der Waals surface area contributed by atoms with E-state index in [1.807, 2.05) is 13.8 Å². The molecule has 0 aliphatic carbocycles. The van der Waals surface area contributed by atoms with Crippen LogP contribution in [0.4, 0.5) is 4.39 Å². The van der Waals surface area contributed by atoms with E-state index in [0.717, 1.165) is 0 Å². The zero-order valence-corrected chi connectivity index (χ0v) is 8.94. The van der Waals surface area contributed by atoms with E-state index < -0.39 is 5.82 Å². The maximum absolute atomic E-state index is 13.3. The van der Waals surface area contributed by atoms with Crippen LogP contribution in [-0.4, -0.2) is 5.78 Å². The third-order valence-electron chi connectivity index (χ3n) is 1.85. The van der Waals surface area contributed by atoms with Crippen LogP contribution in [0.25, 0.3) is 0 Å². The van der Waals surface area contributed by atoms with Crippen molar-refractivity contribution in [3.8, 4) is 0 Å². The second kappa shape index (κ2) is 4.56. The number of Topliss-reactive ketones (excluding diaryl/α,β-unsaturated/α-hetero) is 1. The summed E-state index contributed by atoms with van der Waals surface area (Å²) < 4.78 is 13.3. The summed E-state index contributed by atoms with van der Waals surface area (Å²) in [7, 11) is 0. The molecule has 0 N–H and O–H groups in total. The summed E-state index contributed by atoms with van der Waals surface area (Å²) >= 11 is 5.57. The summed E-state index contributed by atoms with van der Waals surface area (Å²) in [6.45, 7) is 3.83. The minimum Gasteiger partial charge on any atom is -0.294 e. The van der Waals surface area contributed by atoms with Gasteiger partial charge in [0.25, 0.3) is 0 Å². The lowest BCUT2D eigenvalue weighted by molar-refractivity contribution is 0.0964. The summed E-state index contributed by atoms with van der Waals surface area (Å²) in [5.74, 6) is -0.583. The normalized spacial score (nSPS) is 10.6. The van der Waals surface area contributed by atoms with E-state index in [0.29, 0.717) is 6.42 Å². The van der Waals surface area contributed by atoms with Crippen LogP contribution in [0.1, 0.15) is 30.6 Å². The van der Waals surface area contributed by atoms with Crippen LogP contribution in [0.2, 0.25) is 5.02 Å². The van der Waals surface area contributed by atoms with E-state index in [1.165, 1.54) is 12.1 Å². The summed E-state index contributed by atoms with van der Waals surface area (Å²) in [5.41, 5.74) is 0.0891. The van der Waals surface area contributed by atoms with Crippen LogP contribution in [0.15, 0.2) is 18.2 Å². The molecule has 0 aliphatic heterocycles. The number of hydrogen-bond acceptors (Lipinski definition) is 1. The van der Waals surface area contributed by atoms with Gasteiger partial charge >= 0.3 is 0 Å². The van der Waals surface area contributed by atoms with Crippen molar-refractivity contribution in [3.05, 3.63) is 34.6 Å². The topological polar surface area (TPSA) is 17.1 Å². The van der Waals surface area contributed by atoms with Crippen molar-refractivity contribution < 1.29 is 9.18 Å². The molecule has 0 heterocycles. The molecule has 1 aromatic carbocycles. The van der Waals surface area contributed by atoms with E-state index in [-0.39, 0.29) is 22.3 Å². The molecule has 0 aromatic heterocycles. The Morgan fingerprint density at radius 1 is 1.50 bits per heavy atom. The molecule has 0 unspecified atom stereocenters. The number of hydrogen-bond donors (Lipinski definition) is 0. The highest BCUT2D eigenvalue weighted by Gasteiger charge is 2.14. The molecule has 0 amide bonds. The number of halogens is 2. The van der Waals surface area contributed by atoms with E-state index in [9.17, 15) is 9.18 Å². The van der Waals surface area contributed by atoms with Crippen LogP contribution in [0.3, 0.4) is 0 Å². The van der Waals surface area contributed by atoms with Crippen molar-refractivity contribution in [2.45, 2.75) is 20.3 Å². The maximum Gasteiger partial charge on any atom is 0.166 e. The Balaban J connectivity index is 2.96. The van der Waals surface area contributed by atoms with Crippen molar-refractivity contribution in [1.82, 2.24) is 0 Å². The van der Waals surface area contributed by atoms with Gasteiger partial charge in [-0.1, -0.05) is 31.5 Å². The fraction of sp³-hybridized carbons (Fsp3) is 0.364. The average molecular weight is 215 g/mol. The maximum atomic E-state index is 13.3. The van der Waals surface area contributed by atoms with Crippen molar-refractivity contribution in [1.29, 1.82) is 0 Å². The molecular formula is C11H12ClFO. The second-order valence-corrected chi connectivity index (χ2v) is 4.03. The quantitative estimate of drug-likeness (QED) is 0.701. The number of rotatable bonds is 3. The standard InChI is InChI=1S/C11H12ClFO/c1-7(2)6-10(14)8-4-3-5-9(12)11(8)13/h3-5,7H,6H2,1-2H3. The van der Waals surface area contributed by atoms with Crippen molar-refractivity contribution in [2.75, 3.05) is 0 Å². The predicted octanol–water partition coefficient (Wildman–Crippen LogP) is 3.71. The lowest BCUT2D eigenvalue weighted by Gasteiger charge is -2.05. The molecule has 0 aliphatic rings. The first-order chi connectivity index (χ1) is 6.52. The molecule has 0 saturated heterocycles. The van der Waals surface area contributed by atoms with Gasteiger partial charge in [-0.2, -0.15) is 0 Å². The lowest BCUT2D eigenvalue weighted by atomic mass is 10.0. The number of benzene rings is 1. The Kier molecular flexibility index (Phi) is 3.64. The van der Waals surface area contributed by atoms with Gasteiger partial charge in [-0.15, -0.1) is 0 Å². The van der Waals surface area contributed by atoms with Gasteiger partial charge in [0.2, 0.25) is 0 Å². The summed E-state index contributed by atoms with van der Waals surface area (Å²) in [5, 5.41) is -0.000365. The van der Waals surface area contributed by atoms with Gasteiger partial charge < -0.3 is 0 Å². The Hall–Kier alpha value is -0.890. The van der Waals surface area contributed by atoms with Gasteiger partial charge in [0, 0.05) is 6.42 Å². The largest absolute Gasteiger partial charge is 0.294 e. The molecule has 0 atom stereocenters. The van der Waals surface area contributed by atoms with E-state index in [1.54, 1.807) is 6.07 Å². The zero-order chi connectivity index (χ0) is 10.7. The minimum atomic E-state index is -0.611. The third-order valence-corrected chi connectivity index (χ3v) is 2.14. The molecular weight excluding hydrogens is 203 g/mol. The van der Waals surface area contributed by atoms with Crippen molar-refractivity contribution in [3.63, 3.8) is 0 Å².